The van der Waals surface area contributed by atoms with Crippen molar-refractivity contribution >= 4 is 10.8 Å². The van der Waals surface area contributed by atoms with E-state index in [9.17, 15) is 5.11 Å². The molecule has 0 saturated heterocycles. The molecular weight excluding hydrogens is 176 g/mol. The first kappa shape index (κ1) is 7.83. The second-order valence-corrected chi connectivity index (χ2v) is 3.60. The zero-order chi connectivity index (χ0) is 9.54. The summed E-state index contributed by atoms with van der Waals surface area (Å²) in [5.41, 5.74) is 2.53. The van der Waals surface area contributed by atoms with Gasteiger partial charge in [0, 0.05) is 0 Å². The van der Waals surface area contributed by atoms with Gasteiger partial charge in [-0.3, -0.25) is 0 Å². The number of ether oxygens (including phenoxy) is 1. The molecule has 3 rings (SSSR count). The number of hydrogen-bond acceptors (Lipinski definition) is 2. The van der Waals surface area contributed by atoms with Crippen molar-refractivity contribution in [3.63, 3.8) is 0 Å². The normalized spacial score (nSPS) is 14.6. The molecule has 0 spiro atoms. The summed E-state index contributed by atoms with van der Waals surface area (Å²) in [6.07, 6.45) is 0. The van der Waals surface area contributed by atoms with Gasteiger partial charge in [0.25, 0.3) is 0 Å². The smallest absolute Gasteiger partial charge is 0.116 e. The van der Waals surface area contributed by atoms with Crippen molar-refractivity contribution < 1.29 is 9.84 Å². The maximum absolute atomic E-state index is 9.35. The molecule has 0 radical (unpaired) electrons. The average molecular weight is 186 g/mol. The molecule has 1 N–H and O–H groups in total. The highest BCUT2D eigenvalue weighted by atomic mass is 16.5. The van der Waals surface area contributed by atoms with Crippen molar-refractivity contribution in [1.82, 2.24) is 0 Å². The maximum atomic E-state index is 9.35. The van der Waals surface area contributed by atoms with Gasteiger partial charge in [-0.15, -0.1) is 0 Å². The Morgan fingerprint density at radius 1 is 1.07 bits per heavy atom. The summed E-state index contributed by atoms with van der Waals surface area (Å²) in [6, 6.07) is 9.57. The highest BCUT2D eigenvalue weighted by Crippen LogP contribution is 2.30. The number of benzene rings is 2. The Bertz CT molecular complexity index is 503. The van der Waals surface area contributed by atoms with E-state index in [1.807, 2.05) is 12.1 Å². The molecular formula is C12H10O2. The highest BCUT2D eigenvalue weighted by Gasteiger charge is 2.13. The molecule has 14 heavy (non-hydrogen) atoms. The number of phenols is 1. The summed E-state index contributed by atoms with van der Waals surface area (Å²) in [6.45, 7) is 1.41. The lowest BCUT2D eigenvalue weighted by atomic mass is 10.0. The zero-order valence-corrected chi connectivity index (χ0v) is 7.66. The molecule has 0 fully saturated rings. The fraction of sp³-hybridized carbons (Fsp3) is 0.167. The lowest BCUT2D eigenvalue weighted by molar-refractivity contribution is 0.135. The second kappa shape index (κ2) is 2.72. The van der Waals surface area contributed by atoms with Crippen molar-refractivity contribution in [3.05, 3.63) is 41.5 Å². The first-order chi connectivity index (χ1) is 6.84. The summed E-state index contributed by atoms with van der Waals surface area (Å²) in [4.78, 5) is 0. The number of rotatable bonds is 0. The van der Waals surface area contributed by atoms with E-state index < -0.39 is 0 Å². The standard InChI is InChI=1S/C12H10O2/c13-10-3-4-11-8(5-10)1-2-9-6-14-7-12(9)11/h1-5,13H,6-7H2. The maximum Gasteiger partial charge on any atom is 0.116 e. The van der Waals surface area contributed by atoms with Gasteiger partial charge in [0.15, 0.2) is 0 Å². The lowest BCUT2D eigenvalue weighted by Gasteiger charge is -2.03. The topological polar surface area (TPSA) is 29.5 Å². The Hall–Kier alpha value is -1.54. The molecule has 0 saturated carbocycles. The molecule has 2 aromatic rings. The van der Waals surface area contributed by atoms with Crippen molar-refractivity contribution in [2.45, 2.75) is 13.2 Å². The second-order valence-electron chi connectivity index (χ2n) is 3.60. The number of fused-ring (bicyclic) bond motifs is 3. The Labute approximate surface area is 81.7 Å². The van der Waals surface area contributed by atoms with Crippen LogP contribution in [0.1, 0.15) is 11.1 Å². The van der Waals surface area contributed by atoms with E-state index in [1.165, 1.54) is 16.5 Å². The molecule has 0 aliphatic carbocycles. The lowest BCUT2D eigenvalue weighted by Crippen LogP contribution is -1.84. The third-order valence-corrected chi connectivity index (χ3v) is 2.72. The molecule has 70 valence electrons. The molecule has 2 nitrogen and oxygen atoms in total. The Balaban J connectivity index is 2.39. The molecule has 0 bridgehead atoms. The van der Waals surface area contributed by atoms with Crippen LogP contribution in [0.15, 0.2) is 30.3 Å². The summed E-state index contributed by atoms with van der Waals surface area (Å²) in [5, 5.41) is 11.6. The van der Waals surface area contributed by atoms with Gasteiger partial charge in [-0.05, 0) is 34.0 Å². The number of hydrogen-bond donors (Lipinski definition) is 1. The van der Waals surface area contributed by atoms with Crippen molar-refractivity contribution in [1.29, 1.82) is 0 Å². The van der Waals surface area contributed by atoms with Gasteiger partial charge in [-0.1, -0.05) is 18.2 Å². The van der Waals surface area contributed by atoms with Crippen LogP contribution in [0.5, 0.6) is 5.75 Å². The predicted octanol–water partition coefficient (Wildman–Crippen LogP) is 2.58. The first-order valence-electron chi connectivity index (χ1n) is 4.66. The molecule has 0 amide bonds. The average Bonchev–Trinajstić information content (AvgIpc) is 2.65. The van der Waals surface area contributed by atoms with Crippen LogP contribution in [0.2, 0.25) is 0 Å². The van der Waals surface area contributed by atoms with Gasteiger partial charge in [-0.25, -0.2) is 0 Å². The van der Waals surface area contributed by atoms with Crippen LogP contribution in [0.3, 0.4) is 0 Å². The van der Waals surface area contributed by atoms with E-state index >= 15 is 0 Å². The molecule has 0 unspecified atom stereocenters. The fourth-order valence-corrected chi connectivity index (χ4v) is 2.00. The van der Waals surface area contributed by atoms with E-state index in [0.29, 0.717) is 19.0 Å². The molecule has 1 aliphatic heterocycles. The largest absolute Gasteiger partial charge is 0.508 e. The molecule has 2 heteroatoms. The predicted molar refractivity (Wildman–Crippen MR) is 54.1 cm³/mol. The van der Waals surface area contributed by atoms with Crippen LogP contribution in [-0.2, 0) is 18.0 Å². The third-order valence-electron chi connectivity index (χ3n) is 2.72. The summed E-state index contributed by atoms with van der Waals surface area (Å²) < 4.78 is 5.39. The molecule has 1 aliphatic rings. The first-order valence-corrected chi connectivity index (χ1v) is 4.66. The molecule has 1 heterocycles. The SMILES string of the molecule is Oc1ccc2c3c(ccc2c1)COC3. The van der Waals surface area contributed by atoms with Gasteiger partial charge >= 0.3 is 0 Å². The Kier molecular flexibility index (Phi) is 1.52. The summed E-state index contributed by atoms with van der Waals surface area (Å²) in [7, 11) is 0. The van der Waals surface area contributed by atoms with E-state index in [4.69, 9.17) is 4.74 Å². The van der Waals surface area contributed by atoms with Crippen LogP contribution >= 0.6 is 0 Å². The van der Waals surface area contributed by atoms with Crippen molar-refractivity contribution in [3.8, 4) is 5.75 Å². The number of aromatic hydroxyl groups is 1. The minimum absolute atomic E-state index is 0.316. The van der Waals surface area contributed by atoms with E-state index in [1.54, 1.807) is 12.1 Å². The van der Waals surface area contributed by atoms with E-state index in [-0.39, 0.29) is 0 Å². The minimum Gasteiger partial charge on any atom is -0.508 e. The highest BCUT2D eigenvalue weighted by molar-refractivity contribution is 5.88. The monoisotopic (exact) mass is 186 g/mol. The van der Waals surface area contributed by atoms with Crippen molar-refractivity contribution in [2.24, 2.45) is 0 Å². The Morgan fingerprint density at radius 3 is 2.93 bits per heavy atom. The van der Waals surface area contributed by atoms with Crippen LogP contribution in [0, 0.1) is 0 Å². The summed E-state index contributed by atoms with van der Waals surface area (Å²) in [5.74, 6) is 0.316. The van der Waals surface area contributed by atoms with Gasteiger partial charge in [0.05, 0.1) is 13.2 Å². The molecule has 0 atom stereocenters. The van der Waals surface area contributed by atoms with Crippen LogP contribution in [0.4, 0.5) is 0 Å². The Morgan fingerprint density at radius 2 is 2.00 bits per heavy atom. The molecule has 0 aromatic heterocycles. The minimum atomic E-state index is 0.316. The van der Waals surface area contributed by atoms with Crippen LogP contribution < -0.4 is 0 Å². The van der Waals surface area contributed by atoms with Gasteiger partial charge < -0.3 is 9.84 Å². The molecule has 2 aromatic carbocycles. The third kappa shape index (κ3) is 1.01. The fourth-order valence-electron chi connectivity index (χ4n) is 2.00. The zero-order valence-electron chi connectivity index (χ0n) is 7.66. The van der Waals surface area contributed by atoms with Crippen LogP contribution in [0.25, 0.3) is 10.8 Å². The van der Waals surface area contributed by atoms with Crippen molar-refractivity contribution in [2.75, 3.05) is 0 Å². The van der Waals surface area contributed by atoms with Gasteiger partial charge in [-0.2, -0.15) is 0 Å². The van der Waals surface area contributed by atoms with E-state index in [0.717, 1.165) is 5.39 Å². The number of phenolic OH excluding ortho intramolecular Hbond substituents is 1. The summed E-state index contributed by atoms with van der Waals surface area (Å²) >= 11 is 0. The quantitative estimate of drug-likeness (QED) is 0.685. The van der Waals surface area contributed by atoms with Crippen LogP contribution in [-0.4, -0.2) is 5.11 Å². The van der Waals surface area contributed by atoms with E-state index in [2.05, 4.69) is 6.07 Å². The van der Waals surface area contributed by atoms with Gasteiger partial charge in [0.2, 0.25) is 0 Å². The van der Waals surface area contributed by atoms with Gasteiger partial charge in [0.1, 0.15) is 5.75 Å².